The summed E-state index contributed by atoms with van der Waals surface area (Å²) in [6.45, 7) is 3.06. The number of nitrogens with zero attached hydrogens (tertiary/aromatic N) is 5. The van der Waals surface area contributed by atoms with Crippen molar-refractivity contribution in [3.63, 3.8) is 0 Å². The molecule has 1 unspecified atom stereocenters. The van der Waals surface area contributed by atoms with Crippen molar-refractivity contribution in [3.05, 3.63) is 54.1 Å². The molecule has 0 spiro atoms. The molecular weight excluding hydrogens is 374 g/mol. The average Bonchev–Trinajstić information content (AvgIpc) is 3.43. The molecule has 2 aliphatic heterocycles. The van der Waals surface area contributed by atoms with Crippen LogP contribution in [-0.4, -0.2) is 55.9 Å². The van der Waals surface area contributed by atoms with Gasteiger partial charge in [-0.05, 0) is 49.7 Å². The lowest BCUT2D eigenvalue weighted by molar-refractivity contribution is 0.164. The number of piperidine rings is 1. The largest absolute Gasteiger partial charge is 0.339 e. The fraction of sp³-hybridized carbons (Fsp3) is 0.304. The normalized spacial score (nSPS) is 19.3. The van der Waals surface area contributed by atoms with Gasteiger partial charge in [0.15, 0.2) is 5.82 Å². The molecule has 1 saturated heterocycles. The standard InChI is InChI=1S/C23H23N7/c1-2-9-30(10-3-1)20-14-25-13-19-22(20)27-23(26-19)21-17-11-15(6-7-18(17)28-29-21)16-5-4-8-24-12-16/h4-8,11-13,20H,1-3,9-10,14H2,(H,26,27)(H,28,29). The van der Waals surface area contributed by atoms with Gasteiger partial charge in [0.05, 0.1) is 23.8 Å². The van der Waals surface area contributed by atoms with Gasteiger partial charge in [-0.25, -0.2) is 4.98 Å². The number of hydrogen-bond acceptors (Lipinski definition) is 5. The first-order valence-electron chi connectivity index (χ1n) is 10.6. The third-order valence-corrected chi connectivity index (χ3v) is 6.20. The molecule has 5 heterocycles. The number of benzene rings is 1. The summed E-state index contributed by atoms with van der Waals surface area (Å²) in [6, 6.07) is 10.6. The van der Waals surface area contributed by atoms with Crippen molar-refractivity contribution in [2.75, 3.05) is 19.6 Å². The van der Waals surface area contributed by atoms with E-state index in [1.807, 2.05) is 18.5 Å². The van der Waals surface area contributed by atoms with Crippen molar-refractivity contribution in [1.82, 2.24) is 30.0 Å². The topological polar surface area (TPSA) is 85.9 Å². The van der Waals surface area contributed by atoms with Crippen LogP contribution in [-0.2, 0) is 0 Å². The smallest absolute Gasteiger partial charge is 0.159 e. The molecule has 0 saturated carbocycles. The number of likely N-dealkylation sites (tertiary alicyclic amines) is 1. The van der Waals surface area contributed by atoms with E-state index in [4.69, 9.17) is 4.98 Å². The minimum Gasteiger partial charge on any atom is -0.339 e. The maximum atomic E-state index is 4.86. The van der Waals surface area contributed by atoms with E-state index in [1.54, 1.807) is 6.20 Å². The van der Waals surface area contributed by atoms with Gasteiger partial charge in [0.1, 0.15) is 11.4 Å². The van der Waals surface area contributed by atoms with Crippen LogP contribution < -0.4 is 0 Å². The van der Waals surface area contributed by atoms with E-state index >= 15 is 0 Å². The van der Waals surface area contributed by atoms with E-state index in [1.165, 1.54) is 25.0 Å². The van der Waals surface area contributed by atoms with E-state index in [2.05, 4.69) is 54.3 Å². The molecule has 0 aliphatic carbocycles. The first-order chi connectivity index (χ1) is 14.9. The Morgan fingerprint density at radius 2 is 1.97 bits per heavy atom. The summed E-state index contributed by atoms with van der Waals surface area (Å²) in [4.78, 5) is 19.9. The molecule has 7 heteroatoms. The molecule has 0 amide bonds. The zero-order valence-corrected chi connectivity index (χ0v) is 16.7. The summed E-state index contributed by atoms with van der Waals surface area (Å²) in [7, 11) is 0. The Morgan fingerprint density at radius 3 is 2.83 bits per heavy atom. The van der Waals surface area contributed by atoms with Gasteiger partial charge in [0.2, 0.25) is 0 Å². The van der Waals surface area contributed by atoms with E-state index in [0.717, 1.165) is 58.9 Å². The Morgan fingerprint density at radius 1 is 1.03 bits per heavy atom. The number of imidazole rings is 1. The van der Waals surface area contributed by atoms with E-state index in [0.29, 0.717) is 0 Å². The molecule has 1 atom stereocenters. The number of rotatable bonds is 3. The van der Waals surface area contributed by atoms with Crippen molar-refractivity contribution in [3.8, 4) is 22.6 Å². The van der Waals surface area contributed by atoms with Crippen LogP contribution in [0.5, 0.6) is 0 Å². The van der Waals surface area contributed by atoms with Crippen LogP contribution in [0.25, 0.3) is 33.5 Å². The highest BCUT2D eigenvalue weighted by molar-refractivity contribution is 5.95. The van der Waals surface area contributed by atoms with Gasteiger partial charge in [0, 0.05) is 29.6 Å². The first-order valence-corrected chi connectivity index (χ1v) is 10.6. The Balaban J connectivity index is 1.41. The number of H-pyrrole nitrogens is 2. The number of pyridine rings is 1. The predicted molar refractivity (Wildman–Crippen MR) is 118 cm³/mol. The van der Waals surface area contributed by atoms with Gasteiger partial charge in [-0.3, -0.25) is 20.0 Å². The fourth-order valence-corrected chi connectivity index (χ4v) is 4.63. The summed E-state index contributed by atoms with van der Waals surface area (Å²) in [5.41, 5.74) is 6.14. The molecular formula is C23H23N7. The van der Waals surface area contributed by atoms with E-state index < -0.39 is 0 Å². The first kappa shape index (κ1) is 17.5. The Labute approximate surface area is 174 Å². The van der Waals surface area contributed by atoms with Gasteiger partial charge >= 0.3 is 0 Å². The molecule has 0 bridgehead atoms. The highest BCUT2D eigenvalue weighted by Gasteiger charge is 2.29. The number of aromatic amines is 2. The van der Waals surface area contributed by atoms with Crippen LogP contribution in [0.4, 0.5) is 0 Å². The predicted octanol–water partition coefficient (Wildman–Crippen LogP) is 3.97. The summed E-state index contributed by atoms with van der Waals surface area (Å²) in [6.07, 6.45) is 9.41. The highest BCUT2D eigenvalue weighted by Crippen LogP contribution is 2.33. The maximum Gasteiger partial charge on any atom is 0.159 e. The van der Waals surface area contributed by atoms with Crippen molar-refractivity contribution >= 4 is 17.1 Å². The molecule has 4 aromatic rings. The van der Waals surface area contributed by atoms with Gasteiger partial charge in [0.25, 0.3) is 0 Å². The quantitative estimate of drug-likeness (QED) is 0.548. The molecule has 2 N–H and O–H groups in total. The summed E-state index contributed by atoms with van der Waals surface area (Å²) in [5, 5.41) is 8.79. The van der Waals surface area contributed by atoms with Crippen molar-refractivity contribution in [1.29, 1.82) is 0 Å². The molecule has 1 aromatic carbocycles. The van der Waals surface area contributed by atoms with Crippen LogP contribution in [0.1, 0.15) is 36.7 Å². The minimum absolute atomic E-state index is 0.280. The second-order valence-corrected chi connectivity index (χ2v) is 8.07. The third kappa shape index (κ3) is 2.93. The van der Waals surface area contributed by atoms with Crippen molar-refractivity contribution in [2.24, 2.45) is 4.99 Å². The van der Waals surface area contributed by atoms with E-state index in [9.17, 15) is 0 Å². The number of nitrogens with one attached hydrogen (secondary N) is 2. The Hall–Kier alpha value is -3.32. The van der Waals surface area contributed by atoms with Crippen LogP contribution in [0.15, 0.2) is 47.7 Å². The zero-order valence-electron chi connectivity index (χ0n) is 16.7. The van der Waals surface area contributed by atoms with Gasteiger partial charge in [-0.2, -0.15) is 5.10 Å². The Bertz CT molecular complexity index is 1220. The lowest BCUT2D eigenvalue weighted by Gasteiger charge is -2.34. The van der Waals surface area contributed by atoms with Crippen LogP contribution >= 0.6 is 0 Å². The maximum absolute atomic E-state index is 4.86. The van der Waals surface area contributed by atoms with Gasteiger partial charge < -0.3 is 4.98 Å². The van der Waals surface area contributed by atoms with E-state index in [-0.39, 0.29) is 6.04 Å². The lowest BCUT2D eigenvalue weighted by atomic mass is 10.0. The molecule has 3 aromatic heterocycles. The fourth-order valence-electron chi connectivity index (χ4n) is 4.63. The average molecular weight is 397 g/mol. The molecule has 7 nitrogen and oxygen atoms in total. The number of hydrogen-bond donors (Lipinski definition) is 2. The molecule has 6 rings (SSSR count). The number of aliphatic imine (C=N–C) groups is 1. The highest BCUT2D eigenvalue weighted by atomic mass is 15.2. The second kappa shape index (κ2) is 7.18. The Kier molecular flexibility index (Phi) is 4.19. The molecule has 1 fully saturated rings. The summed E-state index contributed by atoms with van der Waals surface area (Å²) in [5.74, 6) is 0.796. The SMILES string of the molecule is C1=NCC(N2CCCCC2)c2[nH]c(-c3n[nH]c4ccc(-c5cccnc5)cc34)nc21. The minimum atomic E-state index is 0.280. The zero-order chi connectivity index (χ0) is 19.9. The van der Waals surface area contributed by atoms with Crippen molar-refractivity contribution in [2.45, 2.75) is 25.3 Å². The molecule has 0 radical (unpaired) electrons. The number of fused-ring (bicyclic) bond motifs is 2. The van der Waals surface area contributed by atoms with Gasteiger partial charge in [-0.1, -0.05) is 18.6 Å². The second-order valence-electron chi connectivity index (χ2n) is 8.07. The molecule has 2 aliphatic rings. The van der Waals surface area contributed by atoms with Crippen LogP contribution in [0.3, 0.4) is 0 Å². The molecule has 150 valence electrons. The monoisotopic (exact) mass is 397 g/mol. The summed E-state index contributed by atoms with van der Waals surface area (Å²) < 4.78 is 0. The summed E-state index contributed by atoms with van der Waals surface area (Å²) >= 11 is 0. The molecule has 30 heavy (non-hydrogen) atoms. The van der Waals surface area contributed by atoms with Gasteiger partial charge in [-0.15, -0.1) is 0 Å². The number of aromatic nitrogens is 5. The van der Waals surface area contributed by atoms with Crippen LogP contribution in [0.2, 0.25) is 0 Å². The van der Waals surface area contributed by atoms with Crippen molar-refractivity contribution < 1.29 is 0 Å². The third-order valence-electron chi connectivity index (χ3n) is 6.20. The lowest BCUT2D eigenvalue weighted by Crippen LogP contribution is -2.36. The van der Waals surface area contributed by atoms with Crippen LogP contribution in [0, 0.1) is 0 Å².